The molecule has 1 aliphatic heterocycles. The Morgan fingerprint density at radius 3 is 2.80 bits per heavy atom. The van der Waals surface area contributed by atoms with E-state index in [2.05, 4.69) is 0 Å². The Hall–Kier alpha value is -1.06. The Labute approximate surface area is 89.3 Å². The summed E-state index contributed by atoms with van der Waals surface area (Å²) in [6.07, 6.45) is 2.99. The highest BCUT2D eigenvalue weighted by atomic mass is 16.4. The summed E-state index contributed by atoms with van der Waals surface area (Å²) >= 11 is 0. The van der Waals surface area contributed by atoms with E-state index in [1.165, 1.54) is 0 Å². The Bertz CT molecular complexity index is 286. The zero-order valence-electron chi connectivity index (χ0n) is 8.98. The summed E-state index contributed by atoms with van der Waals surface area (Å²) in [6.45, 7) is 2.71. The second kappa shape index (κ2) is 3.83. The van der Waals surface area contributed by atoms with Crippen LogP contribution in [0.4, 0.5) is 0 Å². The van der Waals surface area contributed by atoms with E-state index >= 15 is 0 Å². The summed E-state index contributed by atoms with van der Waals surface area (Å²) in [7, 11) is 0. The molecule has 2 atom stereocenters. The minimum atomic E-state index is -0.764. The van der Waals surface area contributed by atoms with E-state index in [9.17, 15) is 9.59 Å². The molecular formula is C11H17NO3. The molecule has 2 aliphatic rings. The average Bonchev–Trinajstić information content (AvgIpc) is 2.89. The van der Waals surface area contributed by atoms with Crippen molar-refractivity contribution in [1.82, 2.24) is 4.90 Å². The Morgan fingerprint density at radius 2 is 2.27 bits per heavy atom. The molecule has 4 heteroatoms. The molecule has 2 unspecified atom stereocenters. The standard InChI is InChI=1S/C11H17NO3/c1-7(4-11(14)15)8-5-10(13)12(6-8)9-2-3-9/h7-9H,2-6H2,1H3,(H,14,15). The van der Waals surface area contributed by atoms with Gasteiger partial charge in [-0.1, -0.05) is 6.92 Å². The molecule has 2 fully saturated rings. The zero-order chi connectivity index (χ0) is 11.0. The van der Waals surface area contributed by atoms with Crippen LogP contribution in [0.5, 0.6) is 0 Å². The lowest BCUT2D eigenvalue weighted by Crippen LogP contribution is -2.28. The smallest absolute Gasteiger partial charge is 0.303 e. The minimum Gasteiger partial charge on any atom is -0.481 e. The largest absolute Gasteiger partial charge is 0.481 e. The van der Waals surface area contributed by atoms with Crippen LogP contribution in [0.2, 0.25) is 0 Å². The van der Waals surface area contributed by atoms with Crippen LogP contribution in [0.15, 0.2) is 0 Å². The van der Waals surface area contributed by atoms with Gasteiger partial charge in [0.05, 0.1) is 0 Å². The Kier molecular flexibility index (Phi) is 2.67. The van der Waals surface area contributed by atoms with Gasteiger partial charge in [0, 0.05) is 25.4 Å². The summed E-state index contributed by atoms with van der Waals surface area (Å²) in [5.41, 5.74) is 0. The maximum atomic E-state index is 11.6. The molecule has 84 valence electrons. The van der Waals surface area contributed by atoms with Crippen molar-refractivity contribution in [3.05, 3.63) is 0 Å². The van der Waals surface area contributed by atoms with E-state index in [0.29, 0.717) is 12.5 Å². The highest BCUT2D eigenvalue weighted by molar-refractivity contribution is 5.79. The van der Waals surface area contributed by atoms with Crippen molar-refractivity contribution >= 4 is 11.9 Å². The van der Waals surface area contributed by atoms with Gasteiger partial charge in [-0.05, 0) is 24.7 Å². The van der Waals surface area contributed by atoms with Gasteiger partial charge in [-0.3, -0.25) is 9.59 Å². The molecule has 1 aliphatic carbocycles. The average molecular weight is 211 g/mol. The molecule has 0 radical (unpaired) electrons. The molecule has 2 rings (SSSR count). The summed E-state index contributed by atoms with van der Waals surface area (Å²) in [5, 5.41) is 8.70. The number of nitrogens with zero attached hydrogens (tertiary/aromatic N) is 1. The number of hydrogen-bond acceptors (Lipinski definition) is 2. The third-order valence-electron chi connectivity index (χ3n) is 3.48. The van der Waals surface area contributed by atoms with Gasteiger partial charge < -0.3 is 10.0 Å². The number of likely N-dealkylation sites (tertiary alicyclic amines) is 1. The highest BCUT2D eigenvalue weighted by Gasteiger charge is 2.40. The molecule has 0 spiro atoms. The van der Waals surface area contributed by atoms with Crippen LogP contribution in [-0.4, -0.2) is 34.5 Å². The van der Waals surface area contributed by atoms with Crippen molar-refractivity contribution in [2.24, 2.45) is 11.8 Å². The van der Waals surface area contributed by atoms with Crippen LogP contribution >= 0.6 is 0 Å². The third kappa shape index (κ3) is 2.30. The topological polar surface area (TPSA) is 57.6 Å². The molecule has 1 amide bonds. The number of aliphatic carboxylic acids is 1. The summed E-state index contributed by atoms with van der Waals surface area (Å²) in [6, 6.07) is 0.472. The van der Waals surface area contributed by atoms with Crippen molar-refractivity contribution in [3.8, 4) is 0 Å². The fourth-order valence-electron chi connectivity index (χ4n) is 2.32. The van der Waals surface area contributed by atoms with Crippen molar-refractivity contribution in [2.75, 3.05) is 6.54 Å². The maximum Gasteiger partial charge on any atom is 0.303 e. The van der Waals surface area contributed by atoms with Crippen LogP contribution in [-0.2, 0) is 9.59 Å². The first-order valence-electron chi connectivity index (χ1n) is 5.59. The molecule has 0 aromatic heterocycles. The van der Waals surface area contributed by atoms with E-state index in [1.54, 1.807) is 0 Å². The number of carboxylic acid groups (broad SMARTS) is 1. The quantitative estimate of drug-likeness (QED) is 0.757. The first-order valence-corrected chi connectivity index (χ1v) is 5.59. The number of carbonyl (C=O) groups is 2. The van der Waals surface area contributed by atoms with Crippen LogP contribution in [0.25, 0.3) is 0 Å². The number of amides is 1. The molecule has 15 heavy (non-hydrogen) atoms. The van der Waals surface area contributed by atoms with Gasteiger partial charge in [0.25, 0.3) is 0 Å². The summed E-state index contributed by atoms with van der Waals surface area (Å²) in [4.78, 5) is 24.2. The Morgan fingerprint density at radius 1 is 1.60 bits per heavy atom. The van der Waals surface area contributed by atoms with Gasteiger partial charge in [0.15, 0.2) is 0 Å². The lowest BCUT2D eigenvalue weighted by atomic mass is 9.90. The molecule has 4 nitrogen and oxygen atoms in total. The van der Waals surface area contributed by atoms with Crippen molar-refractivity contribution < 1.29 is 14.7 Å². The molecule has 0 bridgehead atoms. The molecule has 1 N–H and O–H groups in total. The lowest BCUT2D eigenvalue weighted by molar-refractivity contribution is -0.138. The summed E-state index contributed by atoms with van der Waals surface area (Å²) in [5.74, 6) is -0.191. The van der Waals surface area contributed by atoms with Gasteiger partial charge in [-0.25, -0.2) is 0 Å². The normalized spacial score (nSPS) is 28.2. The second-order valence-corrected chi connectivity index (χ2v) is 4.82. The van der Waals surface area contributed by atoms with E-state index in [4.69, 9.17) is 5.11 Å². The number of carboxylic acids is 1. The minimum absolute atomic E-state index is 0.107. The van der Waals surface area contributed by atoms with Crippen LogP contribution in [0.1, 0.15) is 32.6 Å². The van der Waals surface area contributed by atoms with Crippen LogP contribution in [0, 0.1) is 11.8 Å². The predicted octanol–water partition coefficient (Wildman–Crippen LogP) is 1.11. The molecular weight excluding hydrogens is 194 g/mol. The van der Waals surface area contributed by atoms with Gasteiger partial charge in [-0.2, -0.15) is 0 Å². The molecule has 1 saturated heterocycles. The zero-order valence-corrected chi connectivity index (χ0v) is 8.98. The Balaban J connectivity index is 1.89. The second-order valence-electron chi connectivity index (χ2n) is 4.82. The fraction of sp³-hybridized carbons (Fsp3) is 0.818. The SMILES string of the molecule is CC(CC(=O)O)C1CC(=O)N(C2CC2)C1. The number of carbonyl (C=O) groups excluding carboxylic acids is 1. The monoisotopic (exact) mass is 211 g/mol. The first kappa shape index (κ1) is 10.5. The number of hydrogen-bond donors (Lipinski definition) is 1. The predicted molar refractivity (Wildman–Crippen MR) is 54.3 cm³/mol. The van der Waals surface area contributed by atoms with Gasteiger partial charge in [0.1, 0.15) is 0 Å². The molecule has 1 heterocycles. The summed E-state index contributed by atoms with van der Waals surface area (Å²) < 4.78 is 0. The lowest BCUT2D eigenvalue weighted by Gasteiger charge is -2.18. The van der Waals surface area contributed by atoms with Crippen LogP contribution < -0.4 is 0 Å². The van der Waals surface area contributed by atoms with E-state index < -0.39 is 5.97 Å². The highest BCUT2D eigenvalue weighted by Crippen LogP contribution is 2.35. The van der Waals surface area contributed by atoms with Gasteiger partial charge in [-0.15, -0.1) is 0 Å². The van der Waals surface area contributed by atoms with E-state index in [-0.39, 0.29) is 24.2 Å². The number of rotatable bonds is 4. The maximum absolute atomic E-state index is 11.6. The van der Waals surface area contributed by atoms with Gasteiger partial charge >= 0.3 is 5.97 Å². The van der Waals surface area contributed by atoms with E-state index in [0.717, 1.165) is 19.4 Å². The van der Waals surface area contributed by atoms with Crippen LogP contribution in [0.3, 0.4) is 0 Å². The van der Waals surface area contributed by atoms with Crippen molar-refractivity contribution in [2.45, 2.75) is 38.6 Å². The molecule has 1 saturated carbocycles. The molecule has 0 aromatic carbocycles. The molecule has 0 aromatic rings. The first-order chi connectivity index (χ1) is 7.08. The van der Waals surface area contributed by atoms with Crippen molar-refractivity contribution in [3.63, 3.8) is 0 Å². The third-order valence-corrected chi connectivity index (χ3v) is 3.48. The van der Waals surface area contributed by atoms with Gasteiger partial charge in [0.2, 0.25) is 5.91 Å². The van der Waals surface area contributed by atoms with E-state index in [1.807, 2.05) is 11.8 Å². The fourth-order valence-corrected chi connectivity index (χ4v) is 2.32. The van der Waals surface area contributed by atoms with Crippen molar-refractivity contribution in [1.29, 1.82) is 0 Å².